The number of aryl methyl sites for hydroxylation is 2. The molecule has 4 aromatic rings. The van der Waals surface area contributed by atoms with E-state index in [1.807, 2.05) is 24.3 Å². The highest BCUT2D eigenvalue weighted by Gasteiger charge is 2.30. The Kier molecular flexibility index (Phi) is 8.76. The van der Waals surface area contributed by atoms with E-state index in [0.717, 1.165) is 16.7 Å². The van der Waals surface area contributed by atoms with Crippen molar-refractivity contribution in [3.63, 3.8) is 0 Å². The van der Waals surface area contributed by atoms with E-state index in [2.05, 4.69) is 20.8 Å². The van der Waals surface area contributed by atoms with Crippen LogP contribution in [0.25, 0.3) is 11.1 Å². The van der Waals surface area contributed by atoms with E-state index in [-0.39, 0.29) is 29.4 Å². The molecule has 0 bridgehead atoms. The number of carbonyl (C=O) groups is 1. The van der Waals surface area contributed by atoms with Crippen LogP contribution in [0.1, 0.15) is 23.2 Å². The van der Waals surface area contributed by atoms with Crippen LogP contribution in [0, 0.1) is 18.3 Å². The van der Waals surface area contributed by atoms with Gasteiger partial charge in [0.1, 0.15) is 29.0 Å². The van der Waals surface area contributed by atoms with Crippen LogP contribution >= 0.6 is 11.6 Å². The second-order valence-corrected chi connectivity index (χ2v) is 11.1. The molecule has 11 heteroatoms. The largest absolute Gasteiger partial charge is 0.340 e. The molecule has 39 heavy (non-hydrogen) atoms. The normalized spacial score (nSPS) is 12.1. The summed E-state index contributed by atoms with van der Waals surface area (Å²) in [4.78, 5) is 23.1. The lowest BCUT2D eigenvalue weighted by Crippen LogP contribution is -2.47. The zero-order valence-electron chi connectivity index (χ0n) is 21.5. The maximum atomic E-state index is 13.6. The van der Waals surface area contributed by atoms with Crippen molar-refractivity contribution in [3.05, 3.63) is 101 Å². The van der Waals surface area contributed by atoms with Crippen molar-refractivity contribution in [2.24, 2.45) is 0 Å². The smallest absolute Gasteiger partial charge is 0.243 e. The van der Waals surface area contributed by atoms with Crippen molar-refractivity contribution in [2.45, 2.75) is 37.4 Å². The number of aromatic nitrogens is 3. The first-order valence-electron chi connectivity index (χ1n) is 12.1. The number of nitrogens with one attached hydrogen (secondary N) is 1. The molecular formula is C28H27ClN6O3S. The lowest BCUT2D eigenvalue weighted by atomic mass is 10.1. The molecule has 0 aliphatic heterocycles. The Hall–Kier alpha value is -4.04. The molecule has 2 aromatic heterocycles. The van der Waals surface area contributed by atoms with Crippen molar-refractivity contribution in [1.29, 1.82) is 5.26 Å². The summed E-state index contributed by atoms with van der Waals surface area (Å²) in [6.45, 7) is 2.17. The molecule has 0 fully saturated rings. The van der Waals surface area contributed by atoms with E-state index < -0.39 is 22.0 Å². The van der Waals surface area contributed by atoms with Gasteiger partial charge in [0.25, 0.3) is 0 Å². The molecule has 1 N–H and O–H groups in total. The fourth-order valence-corrected chi connectivity index (χ4v) is 6.34. The molecule has 0 aliphatic rings. The van der Waals surface area contributed by atoms with Gasteiger partial charge in [-0.1, -0.05) is 48.0 Å². The SMILES string of the molecule is Cc1cccc(Cl)c1S(=O)(=O)NC(CCn1cccc1C#N)C(=O)N(C)Cc1ccc(-c2cncnc2)cc1. The molecule has 200 valence electrons. The van der Waals surface area contributed by atoms with E-state index in [9.17, 15) is 18.5 Å². The van der Waals surface area contributed by atoms with Crippen LogP contribution < -0.4 is 4.72 Å². The molecule has 0 saturated carbocycles. The van der Waals surface area contributed by atoms with E-state index in [1.54, 1.807) is 61.4 Å². The maximum absolute atomic E-state index is 13.6. The number of halogens is 1. The minimum Gasteiger partial charge on any atom is -0.340 e. The summed E-state index contributed by atoms with van der Waals surface area (Å²) in [5, 5.41) is 9.42. The second kappa shape index (κ2) is 12.2. The van der Waals surface area contributed by atoms with Crippen LogP contribution in [0.2, 0.25) is 5.02 Å². The van der Waals surface area contributed by atoms with E-state index in [0.29, 0.717) is 11.3 Å². The summed E-state index contributed by atoms with van der Waals surface area (Å²) in [6, 6.07) is 16.8. The molecule has 0 radical (unpaired) electrons. The molecular weight excluding hydrogens is 536 g/mol. The average Bonchev–Trinajstić information content (AvgIpc) is 3.39. The van der Waals surface area contributed by atoms with Gasteiger partial charge in [-0.05, 0) is 48.2 Å². The first-order chi connectivity index (χ1) is 18.7. The fourth-order valence-electron chi connectivity index (χ4n) is 4.28. The third-order valence-corrected chi connectivity index (χ3v) is 8.38. The summed E-state index contributed by atoms with van der Waals surface area (Å²) in [6.07, 6.45) is 6.75. The van der Waals surface area contributed by atoms with E-state index in [4.69, 9.17) is 11.6 Å². The van der Waals surface area contributed by atoms with Crippen molar-refractivity contribution < 1.29 is 13.2 Å². The van der Waals surface area contributed by atoms with Crippen molar-refractivity contribution in [2.75, 3.05) is 7.05 Å². The van der Waals surface area contributed by atoms with Crippen LogP contribution in [-0.4, -0.2) is 46.8 Å². The number of likely N-dealkylation sites (N-methyl/N-ethyl adjacent to an activating group) is 1. The van der Waals surface area contributed by atoms with Gasteiger partial charge in [0.15, 0.2) is 0 Å². The highest BCUT2D eigenvalue weighted by Crippen LogP contribution is 2.25. The lowest BCUT2D eigenvalue weighted by molar-refractivity contribution is -0.132. The summed E-state index contributed by atoms with van der Waals surface area (Å²) in [7, 11) is -2.51. The Labute approximate surface area is 232 Å². The van der Waals surface area contributed by atoms with Gasteiger partial charge in [0.05, 0.1) is 5.02 Å². The number of rotatable bonds is 10. The number of carbonyl (C=O) groups excluding carboxylic acids is 1. The first kappa shape index (κ1) is 28.0. The summed E-state index contributed by atoms with van der Waals surface area (Å²) < 4.78 is 31.0. The number of hydrogen-bond acceptors (Lipinski definition) is 6. The van der Waals surface area contributed by atoms with Crippen LogP contribution in [0.3, 0.4) is 0 Å². The van der Waals surface area contributed by atoms with Gasteiger partial charge in [0, 0.05) is 44.3 Å². The molecule has 2 aromatic carbocycles. The zero-order chi connectivity index (χ0) is 28.0. The maximum Gasteiger partial charge on any atom is 0.243 e. The lowest BCUT2D eigenvalue weighted by Gasteiger charge is -2.25. The molecule has 4 rings (SSSR count). The second-order valence-electron chi connectivity index (χ2n) is 9.07. The molecule has 1 amide bonds. The van der Waals surface area contributed by atoms with Crippen LogP contribution in [0.5, 0.6) is 0 Å². The van der Waals surface area contributed by atoms with E-state index in [1.165, 1.54) is 17.3 Å². The third-order valence-electron chi connectivity index (χ3n) is 6.27. The Bertz CT molecular complexity index is 1580. The first-order valence-corrected chi connectivity index (χ1v) is 14.0. The highest BCUT2D eigenvalue weighted by molar-refractivity contribution is 7.89. The van der Waals surface area contributed by atoms with Gasteiger partial charge in [-0.25, -0.2) is 18.4 Å². The van der Waals surface area contributed by atoms with Crippen molar-refractivity contribution in [1.82, 2.24) is 24.2 Å². The number of amides is 1. The molecule has 1 atom stereocenters. The predicted octanol–water partition coefficient (Wildman–Crippen LogP) is 4.17. The van der Waals surface area contributed by atoms with Gasteiger partial charge >= 0.3 is 0 Å². The number of hydrogen-bond donors (Lipinski definition) is 1. The van der Waals surface area contributed by atoms with Gasteiger partial charge in [-0.2, -0.15) is 9.98 Å². The minimum absolute atomic E-state index is 0.0636. The standard InChI is InChI=1S/C28H27ClN6O3S/c1-20-5-3-7-25(29)27(20)39(37,38)33-26(12-14-35-13-4-6-24(35)15-30)28(36)34(2)18-21-8-10-22(11-9-21)23-16-31-19-32-17-23/h3-11,13,16-17,19,26,33H,12,14,18H2,1-2H3. The molecule has 9 nitrogen and oxygen atoms in total. The highest BCUT2D eigenvalue weighted by atomic mass is 35.5. The minimum atomic E-state index is -4.13. The van der Waals surface area contributed by atoms with E-state index >= 15 is 0 Å². The average molecular weight is 563 g/mol. The predicted molar refractivity (Wildman–Crippen MR) is 148 cm³/mol. The topological polar surface area (TPSA) is 121 Å². The van der Waals surface area contributed by atoms with Gasteiger partial charge in [-0.3, -0.25) is 4.79 Å². The summed E-state index contributed by atoms with van der Waals surface area (Å²) in [5.41, 5.74) is 3.57. The molecule has 1 unspecified atom stereocenters. The Balaban J connectivity index is 1.55. The molecule has 0 aliphatic carbocycles. The fraction of sp³-hybridized carbons (Fsp3) is 0.214. The zero-order valence-corrected chi connectivity index (χ0v) is 23.0. The Morgan fingerprint density at radius 2 is 1.82 bits per heavy atom. The number of nitriles is 1. The van der Waals surface area contributed by atoms with Gasteiger partial charge in [-0.15, -0.1) is 0 Å². The van der Waals surface area contributed by atoms with Crippen LogP contribution in [-0.2, 0) is 27.9 Å². The molecule has 2 heterocycles. The van der Waals surface area contributed by atoms with Crippen molar-refractivity contribution in [3.8, 4) is 17.2 Å². The van der Waals surface area contributed by atoms with Crippen LogP contribution in [0.15, 0.2) is 84.4 Å². The summed E-state index contributed by atoms with van der Waals surface area (Å²) >= 11 is 6.24. The number of nitrogens with zero attached hydrogens (tertiary/aromatic N) is 5. The molecule has 0 saturated heterocycles. The summed E-state index contributed by atoms with van der Waals surface area (Å²) in [5.74, 6) is -0.408. The molecule has 0 spiro atoms. The Morgan fingerprint density at radius 3 is 2.49 bits per heavy atom. The third kappa shape index (κ3) is 6.70. The van der Waals surface area contributed by atoms with Crippen molar-refractivity contribution >= 4 is 27.5 Å². The van der Waals surface area contributed by atoms with Gasteiger partial charge < -0.3 is 9.47 Å². The Morgan fingerprint density at radius 1 is 1.10 bits per heavy atom. The number of benzene rings is 2. The van der Waals surface area contributed by atoms with Crippen LogP contribution in [0.4, 0.5) is 0 Å². The van der Waals surface area contributed by atoms with Gasteiger partial charge in [0.2, 0.25) is 15.9 Å². The quantitative estimate of drug-likeness (QED) is 0.309. The monoisotopic (exact) mass is 562 g/mol. The number of sulfonamides is 1.